The number of hydrogen-bond donors (Lipinski definition) is 1. The van der Waals surface area contributed by atoms with Gasteiger partial charge in [0.1, 0.15) is 0 Å². The van der Waals surface area contributed by atoms with Crippen LogP contribution in [0.5, 0.6) is 0 Å². The zero-order valence-corrected chi connectivity index (χ0v) is 12.3. The average molecular weight is 301 g/mol. The fourth-order valence-electron chi connectivity index (χ4n) is 3.00. The lowest BCUT2D eigenvalue weighted by Crippen LogP contribution is -2.27. The highest BCUT2D eigenvalue weighted by molar-refractivity contribution is 5.56. The van der Waals surface area contributed by atoms with Gasteiger partial charge >= 0.3 is 6.18 Å². The molecule has 0 aromatic heterocycles. The van der Waals surface area contributed by atoms with E-state index in [1.54, 1.807) is 6.07 Å². The lowest BCUT2D eigenvalue weighted by atomic mass is 9.98. The minimum atomic E-state index is -4.39. The largest absolute Gasteiger partial charge is 0.418 e. The normalized spacial score (nSPS) is 20.4. The minimum Gasteiger partial charge on any atom is -0.392 e. The molecule has 1 fully saturated rings. The third-order valence-corrected chi connectivity index (χ3v) is 4.31. The Hall–Kier alpha value is -1.23. The quantitative estimate of drug-likeness (QED) is 0.904. The van der Waals surface area contributed by atoms with Gasteiger partial charge in [-0.2, -0.15) is 13.2 Å². The van der Waals surface area contributed by atoms with Gasteiger partial charge in [-0.05, 0) is 42.9 Å². The van der Waals surface area contributed by atoms with E-state index >= 15 is 0 Å². The highest BCUT2D eigenvalue weighted by Gasteiger charge is 2.35. The summed E-state index contributed by atoms with van der Waals surface area (Å²) in [5, 5.41) is 9.06. The van der Waals surface area contributed by atoms with Crippen molar-refractivity contribution in [2.75, 3.05) is 18.0 Å². The summed E-state index contributed by atoms with van der Waals surface area (Å²) in [5.41, 5.74) is -0.0900. The maximum Gasteiger partial charge on any atom is 0.418 e. The molecule has 1 aliphatic heterocycles. The molecule has 1 heterocycles. The molecular formula is C16H22F3NO. The Bertz CT molecular complexity index is 473. The van der Waals surface area contributed by atoms with E-state index in [9.17, 15) is 13.2 Å². The lowest BCUT2D eigenvalue weighted by molar-refractivity contribution is -0.137. The third-order valence-electron chi connectivity index (χ3n) is 4.31. The Morgan fingerprint density at radius 2 is 2.00 bits per heavy atom. The van der Waals surface area contributed by atoms with Crippen LogP contribution in [-0.2, 0) is 12.8 Å². The topological polar surface area (TPSA) is 23.5 Å². The summed E-state index contributed by atoms with van der Waals surface area (Å²) in [7, 11) is 0. The fourth-order valence-corrected chi connectivity index (χ4v) is 3.00. The summed E-state index contributed by atoms with van der Waals surface area (Å²) < 4.78 is 39.8. The molecule has 1 N–H and O–H groups in total. The monoisotopic (exact) mass is 301 g/mol. The van der Waals surface area contributed by atoms with E-state index in [0.717, 1.165) is 31.7 Å². The van der Waals surface area contributed by atoms with Crippen LogP contribution in [0.3, 0.4) is 0 Å². The third kappa shape index (κ3) is 3.90. The summed E-state index contributed by atoms with van der Waals surface area (Å²) >= 11 is 0. The van der Waals surface area contributed by atoms with Gasteiger partial charge in [0.05, 0.1) is 12.2 Å². The molecule has 0 radical (unpaired) electrons. The molecule has 0 bridgehead atoms. The smallest absolute Gasteiger partial charge is 0.392 e. The Labute approximate surface area is 123 Å². The Kier molecular flexibility index (Phi) is 5.14. The minimum absolute atomic E-state index is 0.247. The highest BCUT2D eigenvalue weighted by atomic mass is 19.4. The van der Waals surface area contributed by atoms with Crippen molar-refractivity contribution >= 4 is 5.69 Å². The molecule has 1 aromatic carbocycles. The number of aliphatic hydroxyl groups is 1. The van der Waals surface area contributed by atoms with E-state index < -0.39 is 11.7 Å². The van der Waals surface area contributed by atoms with Gasteiger partial charge in [0, 0.05) is 18.8 Å². The first kappa shape index (κ1) is 16.1. The molecule has 1 atom stereocenters. The van der Waals surface area contributed by atoms with Crippen LogP contribution in [0, 0.1) is 5.92 Å². The molecule has 0 saturated carbocycles. The van der Waals surface area contributed by atoms with Crippen LogP contribution in [0.4, 0.5) is 18.9 Å². The van der Waals surface area contributed by atoms with Crippen molar-refractivity contribution in [1.82, 2.24) is 0 Å². The van der Waals surface area contributed by atoms with Gasteiger partial charge in [-0.3, -0.25) is 0 Å². The van der Waals surface area contributed by atoms with E-state index in [2.05, 4.69) is 6.92 Å². The number of benzene rings is 1. The van der Waals surface area contributed by atoms with E-state index in [1.165, 1.54) is 6.07 Å². The summed E-state index contributed by atoms with van der Waals surface area (Å²) in [6, 6.07) is 4.14. The average Bonchev–Trinajstić information content (AvgIpc) is 2.71. The molecule has 1 saturated heterocycles. The van der Waals surface area contributed by atoms with Crippen molar-refractivity contribution in [3.05, 3.63) is 29.3 Å². The predicted octanol–water partition coefficient (Wildman–Crippen LogP) is 4.21. The van der Waals surface area contributed by atoms with E-state index in [1.807, 2.05) is 4.90 Å². The Balaban J connectivity index is 2.30. The van der Waals surface area contributed by atoms with Crippen LogP contribution >= 0.6 is 0 Å². The standard InChI is InChI=1S/C16H22F3NO/c1-2-12-4-3-8-20(9-7-12)15-6-5-13(11-21)10-14(15)16(17,18)19/h5-6,10,12,21H,2-4,7-9,11H2,1H3. The second-order valence-electron chi connectivity index (χ2n) is 5.70. The van der Waals surface area contributed by atoms with Crippen LogP contribution < -0.4 is 4.90 Å². The summed E-state index contributed by atoms with van der Waals surface area (Å²) in [4.78, 5) is 1.85. The maximum absolute atomic E-state index is 13.3. The Morgan fingerprint density at radius 1 is 1.24 bits per heavy atom. The molecule has 0 spiro atoms. The van der Waals surface area contributed by atoms with Crippen molar-refractivity contribution in [2.24, 2.45) is 5.92 Å². The highest BCUT2D eigenvalue weighted by Crippen LogP contribution is 2.38. The molecule has 118 valence electrons. The van der Waals surface area contributed by atoms with E-state index in [4.69, 9.17) is 5.11 Å². The van der Waals surface area contributed by atoms with Crippen molar-refractivity contribution in [2.45, 2.75) is 45.4 Å². The zero-order chi connectivity index (χ0) is 15.5. The first-order valence-electron chi connectivity index (χ1n) is 7.51. The number of alkyl halides is 3. The molecule has 0 aliphatic carbocycles. The number of halogens is 3. The number of nitrogens with zero attached hydrogens (tertiary/aromatic N) is 1. The fraction of sp³-hybridized carbons (Fsp3) is 0.625. The molecule has 2 nitrogen and oxygen atoms in total. The SMILES string of the molecule is CCC1CCCN(c2ccc(CO)cc2C(F)(F)F)CC1. The Morgan fingerprint density at radius 3 is 2.62 bits per heavy atom. The van der Waals surface area contributed by atoms with Gasteiger partial charge in [-0.25, -0.2) is 0 Å². The van der Waals surface area contributed by atoms with Crippen molar-refractivity contribution in [3.8, 4) is 0 Å². The van der Waals surface area contributed by atoms with Gasteiger partial charge in [-0.15, -0.1) is 0 Å². The second-order valence-corrected chi connectivity index (χ2v) is 5.70. The number of anilines is 1. The predicted molar refractivity (Wildman–Crippen MR) is 77.2 cm³/mol. The van der Waals surface area contributed by atoms with Crippen LogP contribution in [0.2, 0.25) is 0 Å². The molecular weight excluding hydrogens is 279 g/mol. The number of aliphatic hydroxyl groups excluding tert-OH is 1. The summed E-state index contributed by atoms with van der Waals surface area (Å²) in [5.74, 6) is 0.612. The number of hydrogen-bond acceptors (Lipinski definition) is 2. The van der Waals surface area contributed by atoms with Crippen LogP contribution in [0.1, 0.15) is 43.7 Å². The van der Waals surface area contributed by atoms with Crippen molar-refractivity contribution < 1.29 is 18.3 Å². The number of rotatable bonds is 3. The first-order chi connectivity index (χ1) is 9.95. The second kappa shape index (κ2) is 6.69. The summed E-state index contributed by atoms with van der Waals surface area (Å²) in [6.07, 6.45) is -0.351. The van der Waals surface area contributed by atoms with Crippen LogP contribution in [0.25, 0.3) is 0 Å². The van der Waals surface area contributed by atoms with E-state index in [0.29, 0.717) is 24.6 Å². The van der Waals surface area contributed by atoms with Gasteiger partial charge in [0.15, 0.2) is 0 Å². The van der Waals surface area contributed by atoms with Gasteiger partial charge in [0.2, 0.25) is 0 Å². The lowest BCUT2D eigenvalue weighted by Gasteiger charge is -2.27. The zero-order valence-electron chi connectivity index (χ0n) is 12.3. The van der Waals surface area contributed by atoms with Gasteiger partial charge in [-0.1, -0.05) is 19.4 Å². The van der Waals surface area contributed by atoms with Crippen molar-refractivity contribution in [3.63, 3.8) is 0 Å². The molecule has 2 rings (SSSR count). The summed E-state index contributed by atoms with van der Waals surface area (Å²) in [6.45, 7) is 3.09. The molecule has 1 aliphatic rings. The van der Waals surface area contributed by atoms with E-state index in [-0.39, 0.29) is 12.3 Å². The molecule has 5 heteroatoms. The van der Waals surface area contributed by atoms with Crippen LogP contribution in [-0.4, -0.2) is 18.2 Å². The molecule has 1 unspecified atom stereocenters. The molecule has 0 amide bonds. The molecule has 1 aromatic rings. The first-order valence-corrected chi connectivity index (χ1v) is 7.51. The van der Waals surface area contributed by atoms with Crippen LogP contribution in [0.15, 0.2) is 18.2 Å². The van der Waals surface area contributed by atoms with Gasteiger partial charge in [0.25, 0.3) is 0 Å². The maximum atomic E-state index is 13.3. The molecule has 21 heavy (non-hydrogen) atoms. The van der Waals surface area contributed by atoms with Gasteiger partial charge < -0.3 is 10.0 Å². The van der Waals surface area contributed by atoms with Crippen molar-refractivity contribution in [1.29, 1.82) is 0 Å².